The Morgan fingerprint density at radius 3 is 2.84 bits per heavy atom. The Morgan fingerprint density at radius 1 is 1.47 bits per heavy atom. The fourth-order valence-corrected chi connectivity index (χ4v) is 2.25. The van der Waals surface area contributed by atoms with Crippen molar-refractivity contribution in [1.82, 2.24) is 15.1 Å². The first-order chi connectivity index (χ1) is 9.02. The maximum absolute atomic E-state index is 11.1. The molecule has 0 atom stereocenters. The van der Waals surface area contributed by atoms with Crippen LogP contribution in [0.5, 0.6) is 0 Å². The van der Waals surface area contributed by atoms with Gasteiger partial charge < -0.3 is 5.32 Å². The minimum atomic E-state index is -0.535. The number of nitro groups is 1. The van der Waals surface area contributed by atoms with Gasteiger partial charge in [0.1, 0.15) is 0 Å². The van der Waals surface area contributed by atoms with Gasteiger partial charge in [-0.2, -0.15) is 5.10 Å². The van der Waals surface area contributed by atoms with Crippen LogP contribution >= 0.6 is 23.2 Å². The van der Waals surface area contributed by atoms with E-state index >= 15 is 0 Å². The molecule has 1 N–H and O–H groups in total. The first-order valence-corrected chi connectivity index (χ1v) is 6.11. The summed E-state index contributed by atoms with van der Waals surface area (Å²) in [5.41, 5.74) is 0.776. The third-order valence-corrected chi connectivity index (χ3v) is 2.94. The molecule has 8 heteroatoms. The number of nitrogens with one attached hydrogen (secondary N) is 1. The molecule has 2 rings (SSSR count). The Morgan fingerprint density at radius 2 is 2.21 bits per heavy atom. The van der Waals surface area contributed by atoms with Gasteiger partial charge in [-0.15, -0.1) is 0 Å². The van der Waals surface area contributed by atoms with E-state index in [0.717, 1.165) is 5.69 Å². The fraction of sp³-hybridized carbons (Fsp3) is 0.182. The molecule has 1 heterocycles. The number of hydrogen-bond donors (Lipinski definition) is 1. The minimum Gasteiger partial charge on any atom is -0.314 e. The van der Waals surface area contributed by atoms with Crippen LogP contribution in [0.4, 0.5) is 5.69 Å². The summed E-state index contributed by atoms with van der Waals surface area (Å²) in [5, 5.41) is 18.6. The highest BCUT2D eigenvalue weighted by Gasteiger charge is 2.21. The first kappa shape index (κ1) is 13.8. The van der Waals surface area contributed by atoms with E-state index in [1.54, 1.807) is 19.3 Å². The second-order valence-corrected chi connectivity index (χ2v) is 4.64. The van der Waals surface area contributed by atoms with E-state index in [0.29, 0.717) is 6.54 Å². The van der Waals surface area contributed by atoms with Crippen LogP contribution in [-0.4, -0.2) is 21.8 Å². The minimum absolute atomic E-state index is 0.179. The van der Waals surface area contributed by atoms with Crippen LogP contribution < -0.4 is 5.32 Å². The summed E-state index contributed by atoms with van der Waals surface area (Å²) < 4.78 is 1.38. The number of aromatic nitrogens is 2. The molecule has 6 nitrogen and oxygen atoms in total. The van der Waals surface area contributed by atoms with Crippen LogP contribution in [0.1, 0.15) is 5.69 Å². The SMILES string of the molecule is CNCc1ccn(-c2c(Cl)cc(Cl)cc2[N+](=O)[O-])n1. The van der Waals surface area contributed by atoms with E-state index in [1.807, 2.05) is 0 Å². The Labute approximate surface area is 119 Å². The predicted molar refractivity (Wildman–Crippen MR) is 73.0 cm³/mol. The van der Waals surface area contributed by atoms with Gasteiger partial charge in [-0.3, -0.25) is 10.1 Å². The summed E-state index contributed by atoms with van der Waals surface area (Å²) in [6.45, 7) is 0.562. The monoisotopic (exact) mass is 300 g/mol. The average molecular weight is 301 g/mol. The molecule has 0 spiro atoms. The van der Waals surface area contributed by atoms with E-state index < -0.39 is 4.92 Å². The summed E-state index contributed by atoms with van der Waals surface area (Å²) in [7, 11) is 1.79. The van der Waals surface area contributed by atoms with E-state index in [2.05, 4.69) is 10.4 Å². The van der Waals surface area contributed by atoms with Crippen molar-refractivity contribution in [3.05, 3.63) is 50.2 Å². The molecule has 0 unspecified atom stereocenters. The molecule has 0 radical (unpaired) electrons. The lowest BCUT2D eigenvalue weighted by molar-refractivity contribution is -0.384. The maximum Gasteiger partial charge on any atom is 0.297 e. The summed E-state index contributed by atoms with van der Waals surface area (Å²) in [6.07, 6.45) is 1.62. The molecule has 100 valence electrons. The molecule has 0 aliphatic rings. The fourth-order valence-electron chi connectivity index (χ4n) is 1.68. The summed E-state index contributed by atoms with van der Waals surface area (Å²) >= 11 is 11.8. The van der Waals surface area contributed by atoms with Gasteiger partial charge in [0.2, 0.25) is 0 Å². The van der Waals surface area contributed by atoms with Crippen LogP contribution in [0, 0.1) is 10.1 Å². The number of rotatable bonds is 4. The molecule has 1 aromatic heterocycles. The molecule has 1 aromatic carbocycles. The Kier molecular flexibility index (Phi) is 4.04. The summed E-state index contributed by atoms with van der Waals surface area (Å²) in [5.74, 6) is 0. The van der Waals surface area contributed by atoms with Crippen LogP contribution in [0.3, 0.4) is 0 Å². The Balaban J connectivity index is 2.56. The largest absolute Gasteiger partial charge is 0.314 e. The molecule has 0 amide bonds. The number of nitrogens with zero attached hydrogens (tertiary/aromatic N) is 3. The second kappa shape index (κ2) is 5.56. The highest BCUT2D eigenvalue weighted by Crippen LogP contribution is 2.33. The van der Waals surface area contributed by atoms with Crippen molar-refractivity contribution in [2.45, 2.75) is 6.54 Å². The van der Waals surface area contributed by atoms with E-state index in [-0.39, 0.29) is 21.4 Å². The smallest absolute Gasteiger partial charge is 0.297 e. The average Bonchev–Trinajstić information content (AvgIpc) is 2.76. The molecule has 2 aromatic rings. The second-order valence-electron chi connectivity index (χ2n) is 3.79. The molecule has 19 heavy (non-hydrogen) atoms. The Hall–Kier alpha value is -1.63. The van der Waals surface area contributed by atoms with Crippen molar-refractivity contribution in [2.75, 3.05) is 7.05 Å². The van der Waals surface area contributed by atoms with Crippen molar-refractivity contribution < 1.29 is 4.92 Å². The number of hydrogen-bond acceptors (Lipinski definition) is 4. The van der Waals surface area contributed by atoms with Gasteiger partial charge in [-0.05, 0) is 19.2 Å². The Bertz CT molecular complexity index is 627. The zero-order valence-corrected chi connectivity index (χ0v) is 11.4. The van der Waals surface area contributed by atoms with Gasteiger partial charge in [0.05, 0.1) is 15.6 Å². The number of benzene rings is 1. The standard InChI is InChI=1S/C11H10Cl2N4O2/c1-14-6-8-2-3-16(15-8)11-9(13)4-7(12)5-10(11)17(18)19/h2-5,14H,6H2,1H3. The number of halogens is 2. The highest BCUT2D eigenvalue weighted by molar-refractivity contribution is 6.36. The third kappa shape index (κ3) is 2.86. The van der Waals surface area contributed by atoms with E-state index in [9.17, 15) is 10.1 Å². The van der Waals surface area contributed by atoms with Crippen LogP contribution in [0.15, 0.2) is 24.4 Å². The lowest BCUT2D eigenvalue weighted by Gasteiger charge is -2.06. The lowest BCUT2D eigenvalue weighted by atomic mass is 10.2. The lowest BCUT2D eigenvalue weighted by Crippen LogP contribution is -2.07. The predicted octanol–water partition coefficient (Wildman–Crippen LogP) is 2.81. The third-order valence-electron chi connectivity index (χ3n) is 2.44. The van der Waals surface area contributed by atoms with Crippen LogP contribution in [0.2, 0.25) is 10.0 Å². The normalized spacial score (nSPS) is 10.7. The maximum atomic E-state index is 11.1. The zero-order valence-electron chi connectivity index (χ0n) is 9.93. The van der Waals surface area contributed by atoms with Gasteiger partial charge in [0.25, 0.3) is 5.69 Å². The molecular weight excluding hydrogens is 291 g/mol. The van der Waals surface area contributed by atoms with Crippen molar-refractivity contribution >= 4 is 28.9 Å². The van der Waals surface area contributed by atoms with Gasteiger partial charge in [-0.25, -0.2) is 4.68 Å². The topological polar surface area (TPSA) is 73.0 Å². The quantitative estimate of drug-likeness (QED) is 0.696. The van der Waals surface area contributed by atoms with Gasteiger partial charge in [0.15, 0.2) is 5.69 Å². The van der Waals surface area contributed by atoms with Crippen LogP contribution in [0.25, 0.3) is 5.69 Å². The van der Waals surface area contributed by atoms with Gasteiger partial charge >= 0.3 is 0 Å². The molecule has 0 aliphatic heterocycles. The van der Waals surface area contributed by atoms with Gasteiger partial charge in [-0.1, -0.05) is 23.2 Å². The molecule has 0 saturated carbocycles. The van der Waals surface area contributed by atoms with Crippen molar-refractivity contribution in [3.63, 3.8) is 0 Å². The molecule has 0 bridgehead atoms. The summed E-state index contributed by atoms with van der Waals surface area (Å²) in [4.78, 5) is 10.5. The molecule has 0 fully saturated rings. The number of nitro benzene ring substituents is 1. The zero-order chi connectivity index (χ0) is 14.0. The van der Waals surface area contributed by atoms with Crippen molar-refractivity contribution in [3.8, 4) is 5.69 Å². The van der Waals surface area contributed by atoms with Crippen molar-refractivity contribution in [2.24, 2.45) is 0 Å². The molecular formula is C11H10Cl2N4O2. The molecule has 0 saturated heterocycles. The summed E-state index contributed by atoms with van der Waals surface area (Å²) in [6, 6.07) is 4.46. The van der Waals surface area contributed by atoms with Crippen LogP contribution in [-0.2, 0) is 6.54 Å². The van der Waals surface area contributed by atoms with E-state index in [1.165, 1.54) is 16.8 Å². The highest BCUT2D eigenvalue weighted by atomic mass is 35.5. The first-order valence-electron chi connectivity index (χ1n) is 5.36. The molecule has 0 aliphatic carbocycles. The van der Waals surface area contributed by atoms with E-state index in [4.69, 9.17) is 23.2 Å². The van der Waals surface area contributed by atoms with Gasteiger partial charge in [0, 0.05) is 23.8 Å². The van der Waals surface area contributed by atoms with Crippen molar-refractivity contribution in [1.29, 1.82) is 0 Å².